The minimum atomic E-state index is 0.800. The van der Waals surface area contributed by atoms with Gasteiger partial charge in [-0.05, 0) is 18.6 Å². The molecule has 2 rings (SSSR count). The number of para-hydroxylation sites is 2. The van der Waals surface area contributed by atoms with Crippen LogP contribution in [0.25, 0.3) is 0 Å². The monoisotopic (exact) mass is 289 g/mol. The third kappa shape index (κ3) is 4.46. The first-order valence-electron chi connectivity index (χ1n) is 7.89. The van der Waals surface area contributed by atoms with Crippen LogP contribution in [0.5, 0.6) is 0 Å². The number of rotatable bonds is 5. The molecule has 21 heavy (non-hydrogen) atoms. The summed E-state index contributed by atoms with van der Waals surface area (Å²) >= 11 is 0. The number of nitrogens with zero attached hydrogens (tertiary/aromatic N) is 3. The van der Waals surface area contributed by atoms with E-state index in [4.69, 9.17) is 9.73 Å². The second-order valence-corrected chi connectivity index (χ2v) is 5.61. The van der Waals surface area contributed by atoms with Crippen LogP contribution in [0.1, 0.15) is 26.2 Å². The molecule has 1 aromatic rings. The van der Waals surface area contributed by atoms with Gasteiger partial charge in [0, 0.05) is 33.6 Å². The van der Waals surface area contributed by atoms with Crippen molar-refractivity contribution < 1.29 is 4.74 Å². The Kier molecular flexibility index (Phi) is 6.05. The molecule has 1 aliphatic heterocycles. The fourth-order valence-corrected chi connectivity index (χ4v) is 2.48. The quantitative estimate of drug-likeness (QED) is 0.615. The molecule has 4 nitrogen and oxygen atoms in total. The fraction of sp³-hybridized carbons (Fsp3) is 0.588. The standard InChI is InChI=1S/C17H27N3O/c1-4-5-10-17(19(2)3)18-15-8-6-7-9-16(15)20-11-13-21-14-12-20/h6-9H,4-5,10-14H2,1-3H3. The topological polar surface area (TPSA) is 28.1 Å². The van der Waals surface area contributed by atoms with Crippen molar-refractivity contribution in [2.24, 2.45) is 4.99 Å². The van der Waals surface area contributed by atoms with E-state index < -0.39 is 0 Å². The summed E-state index contributed by atoms with van der Waals surface area (Å²) in [5.74, 6) is 1.15. The van der Waals surface area contributed by atoms with Crippen molar-refractivity contribution in [3.05, 3.63) is 24.3 Å². The van der Waals surface area contributed by atoms with Crippen LogP contribution in [-0.2, 0) is 4.74 Å². The number of morpholine rings is 1. The summed E-state index contributed by atoms with van der Waals surface area (Å²) in [5.41, 5.74) is 2.29. The van der Waals surface area contributed by atoms with E-state index in [-0.39, 0.29) is 0 Å². The number of hydrogen-bond donors (Lipinski definition) is 0. The highest BCUT2D eigenvalue weighted by atomic mass is 16.5. The van der Waals surface area contributed by atoms with Crippen LogP contribution in [0.4, 0.5) is 11.4 Å². The van der Waals surface area contributed by atoms with Crippen LogP contribution in [-0.4, -0.2) is 51.1 Å². The summed E-state index contributed by atoms with van der Waals surface area (Å²) in [6.45, 7) is 5.70. The zero-order chi connectivity index (χ0) is 15.1. The second kappa shape index (κ2) is 8.03. The number of amidine groups is 1. The summed E-state index contributed by atoms with van der Waals surface area (Å²) in [5, 5.41) is 0. The van der Waals surface area contributed by atoms with Gasteiger partial charge in [0.05, 0.1) is 24.6 Å². The SMILES string of the molecule is CCCCC(=Nc1ccccc1N1CCOCC1)N(C)C. The molecular formula is C17H27N3O. The fourth-order valence-electron chi connectivity index (χ4n) is 2.48. The maximum absolute atomic E-state index is 5.45. The Hall–Kier alpha value is -1.55. The van der Waals surface area contributed by atoms with Crippen molar-refractivity contribution in [3.8, 4) is 0 Å². The van der Waals surface area contributed by atoms with Crippen LogP contribution in [0.3, 0.4) is 0 Å². The van der Waals surface area contributed by atoms with E-state index in [0.717, 1.165) is 44.2 Å². The molecule has 0 saturated carbocycles. The lowest BCUT2D eigenvalue weighted by Gasteiger charge is -2.30. The Morgan fingerprint density at radius 2 is 1.95 bits per heavy atom. The molecule has 0 bridgehead atoms. The number of benzene rings is 1. The molecule has 0 amide bonds. The van der Waals surface area contributed by atoms with Crippen molar-refractivity contribution in [3.63, 3.8) is 0 Å². The number of anilines is 1. The van der Waals surface area contributed by atoms with Gasteiger partial charge in [0.15, 0.2) is 0 Å². The molecule has 0 aromatic heterocycles. The lowest BCUT2D eigenvalue weighted by atomic mass is 10.2. The van der Waals surface area contributed by atoms with Crippen LogP contribution >= 0.6 is 0 Å². The number of hydrogen-bond acceptors (Lipinski definition) is 3. The van der Waals surface area contributed by atoms with Gasteiger partial charge in [0.1, 0.15) is 5.84 Å². The number of ether oxygens (including phenoxy) is 1. The number of aliphatic imine (C=N–C) groups is 1. The molecule has 1 fully saturated rings. The van der Waals surface area contributed by atoms with Crippen molar-refractivity contribution >= 4 is 17.2 Å². The van der Waals surface area contributed by atoms with Crippen molar-refractivity contribution in [1.82, 2.24) is 4.90 Å². The molecule has 4 heteroatoms. The first-order valence-corrected chi connectivity index (χ1v) is 7.89. The third-order valence-electron chi connectivity index (χ3n) is 3.75. The van der Waals surface area contributed by atoms with Gasteiger partial charge in [-0.3, -0.25) is 0 Å². The summed E-state index contributed by atoms with van der Waals surface area (Å²) in [4.78, 5) is 9.43. The van der Waals surface area contributed by atoms with E-state index in [1.165, 1.54) is 18.5 Å². The van der Waals surface area contributed by atoms with E-state index in [0.29, 0.717) is 0 Å². The minimum Gasteiger partial charge on any atom is -0.378 e. The normalized spacial score (nSPS) is 16.1. The Morgan fingerprint density at radius 3 is 2.62 bits per heavy atom. The lowest BCUT2D eigenvalue weighted by Crippen LogP contribution is -2.36. The van der Waals surface area contributed by atoms with Crippen LogP contribution in [0.2, 0.25) is 0 Å². The predicted octanol–water partition coefficient (Wildman–Crippen LogP) is 3.31. The molecule has 1 aliphatic rings. The third-order valence-corrected chi connectivity index (χ3v) is 3.75. The van der Waals surface area contributed by atoms with Gasteiger partial charge < -0.3 is 14.5 Å². The Morgan fingerprint density at radius 1 is 1.24 bits per heavy atom. The summed E-state index contributed by atoms with van der Waals surface area (Å²) < 4.78 is 5.45. The highest BCUT2D eigenvalue weighted by Gasteiger charge is 2.14. The maximum atomic E-state index is 5.45. The Balaban J connectivity index is 2.24. The van der Waals surface area contributed by atoms with Crippen LogP contribution < -0.4 is 4.90 Å². The highest BCUT2D eigenvalue weighted by Crippen LogP contribution is 2.29. The summed E-state index contributed by atoms with van der Waals surface area (Å²) in [6.07, 6.45) is 3.40. The lowest BCUT2D eigenvalue weighted by molar-refractivity contribution is 0.123. The Bertz CT molecular complexity index is 465. The van der Waals surface area contributed by atoms with Crippen molar-refractivity contribution in [2.75, 3.05) is 45.3 Å². The van der Waals surface area contributed by atoms with E-state index in [2.05, 4.69) is 55.1 Å². The first kappa shape index (κ1) is 15.8. The van der Waals surface area contributed by atoms with Gasteiger partial charge in [0.25, 0.3) is 0 Å². The highest BCUT2D eigenvalue weighted by molar-refractivity contribution is 5.86. The van der Waals surface area contributed by atoms with E-state index >= 15 is 0 Å². The molecule has 1 heterocycles. The average Bonchev–Trinajstić information content (AvgIpc) is 2.52. The molecule has 0 aliphatic carbocycles. The van der Waals surface area contributed by atoms with E-state index in [9.17, 15) is 0 Å². The first-order chi connectivity index (χ1) is 10.2. The summed E-state index contributed by atoms with van der Waals surface area (Å²) in [6, 6.07) is 8.43. The maximum Gasteiger partial charge on any atom is 0.104 e. The molecule has 0 radical (unpaired) electrons. The van der Waals surface area contributed by atoms with Gasteiger partial charge in [-0.1, -0.05) is 25.5 Å². The number of unbranched alkanes of at least 4 members (excludes halogenated alkanes) is 1. The molecular weight excluding hydrogens is 262 g/mol. The molecule has 1 saturated heterocycles. The van der Waals surface area contributed by atoms with Gasteiger partial charge in [0.2, 0.25) is 0 Å². The summed E-state index contributed by atoms with van der Waals surface area (Å²) in [7, 11) is 4.15. The van der Waals surface area contributed by atoms with Crippen LogP contribution in [0.15, 0.2) is 29.3 Å². The van der Waals surface area contributed by atoms with E-state index in [1.54, 1.807) is 0 Å². The molecule has 0 atom stereocenters. The molecule has 116 valence electrons. The van der Waals surface area contributed by atoms with Crippen molar-refractivity contribution in [1.29, 1.82) is 0 Å². The molecule has 0 unspecified atom stereocenters. The smallest absolute Gasteiger partial charge is 0.104 e. The van der Waals surface area contributed by atoms with Gasteiger partial charge in [-0.15, -0.1) is 0 Å². The Labute approximate surface area is 128 Å². The second-order valence-electron chi connectivity index (χ2n) is 5.61. The molecule has 0 N–H and O–H groups in total. The zero-order valence-electron chi connectivity index (χ0n) is 13.5. The largest absolute Gasteiger partial charge is 0.378 e. The van der Waals surface area contributed by atoms with Gasteiger partial charge in [-0.25, -0.2) is 4.99 Å². The van der Waals surface area contributed by atoms with Gasteiger partial charge >= 0.3 is 0 Å². The predicted molar refractivity (Wildman–Crippen MR) is 89.8 cm³/mol. The van der Waals surface area contributed by atoms with Gasteiger partial charge in [-0.2, -0.15) is 0 Å². The minimum absolute atomic E-state index is 0.800. The van der Waals surface area contributed by atoms with Crippen LogP contribution in [0, 0.1) is 0 Å². The average molecular weight is 289 g/mol. The molecule has 0 spiro atoms. The molecule has 1 aromatic carbocycles. The van der Waals surface area contributed by atoms with E-state index in [1.807, 2.05) is 0 Å². The zero-order valence-corrected chi connectivity index (χ0v) is 13.5. The van der Waals surface area contributed by atoms with Crippen molar-refractivity contribution in [2.45, 2.75) is 26.2 Å².